The molecule has 1 fully saturated rings. The van der Waals surface area contributed by atoms with Crippen molar-refractivity contribution in [3.63, 3.8) is 0 Å². The summed E-state index contributed by atoms with van der Waals surface area (Å²) >= 11 is 1.84. The summed E-state index contributed by atoms with van der Waals surface area (Å²) < 4.78 is 0. The summed E-state index contributed by atoms with van der Waals surface area (Å²) in [7, 11) is 0. The van der Waals surface area contributed by atoms with E-state index in [0.29, 0.717) is 5.37 Å². The highest BCUT2D eigenvalue weighted by Gasteiger charge is 2.47. The molecule has 2 atom stereocenters. The number of hydrogen-bond donors (Lipinski definition) is 0. The van der Waals surface area contributed by atoms with E-state index in [1.165, 1.54) is 5.57 Å². The first kappa shape index (κ1) is 8.88. The number of fused-ring (bicyclic) bond motifs is 1. The van der Waals surface area contributed by atoms with Gasteiger partial charge in [0.05, 0.1) is 11.3 Å². The molecule has 70 valence electrons. The number of β-lactam (4-membered cyclic amide) rings is 1. The third-order valence-electron chi connectivity index (χ3n) is 2.79. The maximum Gasteiger partial charge on any atom is 0.233 e. The second-order valence-electron chi connectivity index (χ2n) is 3.51. The molecule has 0 aromatic heterocycles. The van der Waals surface area contributed by atoms with Gasteiger partial charge in [-0.15, -0.1) is 11.8 Å². The highest BCUT2D eigenvalue weighted by atomic mass is 32.2. The summed E-state index contributed by atoms with van der Waals surface area (Å²) in [5, 5.41) is 0.385. The smallest absolute Gasteiger partial charge is 0.233 e. The number of nitrogens with zero attached hydrogens (tertiary/aromatic N) is 1. The number of amides is 1. The van der Waals surface area contributed by atoms with Crippen LogP contribution in [0.4, 0.5) is 0 Å². The van der Waals surface area contributed by atoms with Crippen LogP contribution in [0, 0.1) is 5.92 Å². The predicted octanol–water partition coefficient (Wildman–Crippen LogP) is 2.00. The Morgan fingerprint density at radius 1 is 1.69 bits per heavy atom. The van der Waals surface area contributed by atoms with Gasteiger partial charge in [-0.2, -0.15) is 0 Å². The number of thioether (sulfide) groups is 1. The maximum absolute atomic E-state index is 11.5. The molecule has 2 unspecified atom stereocenters. The summed E-state index contributed by atoms with van der Waals surface area (Å²) in [4.78, 5) is 13.4. The molecule has 2 aliphatic heterocycles. The molecule has 0 radical (unpaired) electrons. The van der Waals surface area contributed by atoms with Crippen LogP contribution in [0.15, 0.2) is 23.9 Å². The fourth-order valence-corrected chi connectivity index (χ4v) is 3.32. The second kappa shape index (κ2) is 2.91. The van der Waals surface area contributed by atoms with Crippen molar-refractivity contribution >= 4 is 17.7 Å². The Morgan fingerprint density at radius 3 is 3.00 bits per heavy atom. The molecule has 0 aliphatic carbocycles. The fourth-order valence-electron chi connectivity index (χ4n) is 1.82. The van der Waals surface area contributed by atoms with Gasteiger partial charge in [-0.05, 0) is 12.5 Å². The van der Waals surface area contributed by atoms with Gasteiger partial charge in [0, 0.05) is 11.4 Å². The molecule has 2 rings (SSSR count). The van der Waals surface area contributed by atoms with Gasteiger partial charge in [0.15, 0.2) is 0 Å². The molecule has 1 amide bonds. The van der Waals surface area contributed by atoms with Crippen LogP contribution in [0.2, 0.25) is 0 Å². The molecule has 2 heterocycles. The zero-order chi connectivity index (χ0) is 9.59. The Labute approximate surface area is 82.7 Å². The maximum atomic E-state index is 11.5. The molecule has 0 aromatic rings. The number of hydrogen-bond acceptors (Lipinski definition) is 2. The van der Waals surface area contributed by atoms with Crippen molar-refractivity contribution in [1.82, 2.24) is 4.90 Å². The lowest BCUT2D eigenvalue weighted by Gasteiger charge is -2.48. The molecular formula is C10H13NOS. The van der Waals surface area contributed by atoms with E-state index >= 15 is 0 Å². The van der Waals surface area contributed by atoms with E-state index in [-0.39, 0.29) is 11.8 Å². The van der Waals surface area contributed by atoms with E-state index < -0.39 is 0 Å². The zero-order valence-electron chi connectivity index (χ0n) is 7.91. The molecule has 2 nitrogen and oxygen atoms in total. The monoisotopic (exact) mass is 195 g/mol. The topological polar surface area (TPSA) is 20.3 Å². The van der Waals surface area contributed by atoms with Crippen LogP contribution in [-0.4, -0.2) is 21.9 Å². The van der Waals surface area contributed by atoms with Crippen LogP contribution in [0.25, 0.3) is 0 Å². The van der Waals surface area contributed by atoms with E-state index in [1.807, 2.05) is 36.6 Å². The SMILES string of the molecule is C=CC1=C(C)N2C(=O)C(C)C2SC1. The Morgan fingerprint density at radius 2 is 2.38 bits per heavy atom. The average Bonchev–Trinajstić information content (AvgIpc) is 2.16. The fraction of sp³-hybridized carbons (Fsp3) is 0.500. The molecule has 0 bridgehead atoms. The Bertz CT molecular complexity index is 308. The third kappa shape index (κ3) is 1.06. The first-order chi connectivity index (χ1) is 6.16. The summed E-state index contributed by atoms with van der Waals surface area (Å²) in [5.74, 6) is 1.45. The van der Waals surface area contributed by atoms with Gasteiger partial charge in [0.2, 0.25) is 5.91 Å². The molecule has 0 spiro atoms. The average molecular weight is 195 g/mol. The van der Waals surface area contributed by atoms with Crippen LogP contribution in [0.3, 0.4) is 0 Å². The standard InChI is InChI=1S/C10H13NOS/c1-4-8-5-13-10-6(2)9(12)11(10)7(8)3/h4,6,10H,1,5H2,2-3H3. The van der Waals surface area contributed by atoms with Crippen LogP contribution >= 0.6 is 11.8 Å². The molecule has 2 aliphatic rings. The van der Waals surface area contributed by atoms with Crippen molar-refractivity contribution < 1.29 is 4.79 Å². The lowest BCUT2D eigenvalue weighted by Crippen LogP contribution is -2.58. The molecule has 0 N–H and O–H groups in total. The van der Waals surface area contributed by atoms with Crippen LogP contribution in [-0.2, 0) is 4.79 Å². The summed E-state index contributed by atoms with van der Waals surface area (Å²) in [5.41, 5.74) is 2.29. The lowest BCUT2D eigenvalue weighted by atomic mass is 9.98. The van der Waals surface area contributed by atoms with Gasteiger partial charge in [0.25, 0.3) is 0 Å². The van der Waals surface area contributed by atoms with Crippen molar-refractivity contribution in [3.05, 3.63) is 23.9 Å². The van der Waals surface area contributed by atoms with Crippen molar-refractivity contribution in [2.45, 2.75) is 19.2 Å². The number of rotatable bonds is 1. The van der Waals surface area contributed by atoms with Gasteiger partial charge in [0.1, 0.15) is 0 Å². The third-order valence-corrected chi connectivity index (χ3v) is 4.23. The molecule has 3 heteroatoms. The number of allylic oxidation sites excluding steroid dienone is 2. The minimum absolute atomic E-state index is 0.200. The molecule has 0 saturated carbocycles. The summed E-state index contributed by atoms with van der Waals surface area (Å²) in [6, 6.07) is 0. The number of carbonyl (C=O) groups is 1. The van der Waals surface area contributed by atoms with Crippen LogP contribution < -0.4 is 0 Å². The summed E-state index contributed by atoms with van der Waals surface area (Å²) in [6.07, 6.45) is 1.86. The quantitative estimate of drug-likeness (QED) is 0.596. The molecular weight excluding hydrogens is 182 g/mol. The highest BCUT2D eigenvalue weighted by Crippen LogP contribution is 2.43. The van der Waals surface area contributed by atoms with Gasteiger partial charge >= 0.3 is 0 Å². The molecule has 1 saturated heterocycles. The van der Waals surface area contributed by atoms with E-state index in [0.717, 1.165) is 11.4 Å². The van der Waals surface area contributed by atoms with E-state index in [2.05, 4.69) is 6.58 Å². The first-order valence-electron chi connectivity index (χ1n) is 4.43. The normalized spacial score (nSPS) is 32.8. The number of carbonyl (C=O) groups excluding carboxylic acids is 1. The van der Waals surface area contributed by atoms with Gasteiger partial charge in [-0.1, -0.05) is 19.6 Å². The van der Waals surface area contributed by atoms with Crippen molar-refractivity contribution in [1.29, 1.82) is 0 Å². The van der Waals surface area contributed by atoms with Crippen LogP contribution in [0.1, 0.15) is 13.8 Å². The Hall–Kier alpha value is -0.700. The van der Waals surface area contributed by atoms with Gasteiger partial charge < -0.3 is 4.90 Å². The minimum Gasteiger partial charge on any atom is -0.303 e. The zero-order valence-corrected chi connectivity index (χ0v) is 8.73. The first-order valence-corrected chi connectivity index (χ1v) is 5.48. The van der Waals surface area contributed by atoms with E-state index in [4.69, 9.17) is 0 Å². The van der Waals surface area contributed by atoms with Crippen molar-refractivity contribution in [3.8, 4) is 0 Å². The van der Waals surface area contributed by atoms with Crippen molar-refractivity contribution in [2.75, 3.05) is 5.75 Å². The minimum atomic E-state index is 0.200. The molecule has 13 heavy (non-hydrogen) atoms. The highest BCUT2D eigenvalue weighted by molar-refractivity contribution is 8.00. The van der Waals surface area contributed by atoms with Gasteiger partial charge in [-0.3, -0.25) is 4.79 Å². The lowest BCUT2D eigenvalue weighted by molar-refractivity contribution is -0.145. The summed E-state index contributed by atoms with van der Waals surface area (Å²) in [6.45, 7) is 7.76. The predicted molar refractivity (Wildman–Crippen MR) is 55.2 cm³/mol. The molecule has 0 aromatic carbocycles. The Balaban J connectivity index is 2.31. The van der Waals surface area contributed by atoms with E-state index in [1.54, 1.807) is 0 Å². The van der Waals surface area contributed by atoms with Gasteiger partial charge in [-0.25, -0.2) is 0 Å². The largest absolute Gasteiger partial charge is 0.303 e. The Kier molecular flexibility index (Phi) is 1.99. The van der Waals surface area contributed by atoms with Crippen molar-refractivity contribution in [2.24, 2.45) is 5.92 Å². The van der Waals surface area contributed by atoms with E-state index in [9.17, 15) is 4.79 Å². The second-order valence-corrected chi connectivity index (χ2v) is 4.62. The van der Waals surface area contributed by atoms with Crippen LogP contribution in [0.5, 0.6) is 0 Å².